The molecule has 0 bridgehead atoms. The molecule has 4 rings (SSSR count). The van der Waals surface area contributed by atoms with Gasteiger partial charge in [-0.3, -0.25) is 0 Å². The van der Waals surface area contributed by atoms with E-state index in [2.05, 4.69) is 10.6 Å². The van der Waals surface area contributed by atoms with Crippen molar-refractivity contribution in [1.82, 2.24) is 0 Å². The fraction of sp³-hybridized carbons (Fsp3) is 0.250. The first kappa shape index (κ1) is 12.7. The Balaban J connectivity index is 0.000000121. The van der Waals surface area contributed by atoms with Crippen LogP contribution in [0.4, 0.5) is 11.4 Å². The van der Waals surface area contributed by atoms with E-state index in [9.17, 15) is 0 Å². The predicted molar refractivity (Wildman–Crippen MR) is 80.6 cm³/mol. The summed E-state index contributed by atoms with van der Waals surface area (Å²) in [6.07, 6.45) is 2.11. The second-order valence-electron chi connectivity index (χ2n) is 5.04. The Hall–Kier alpha value is -2.36. The SMILES string of the molecule is Oc1ccc2c(c1)CCN2.Oc1ccc2c(c1)NCC2. The molecule has 2 aromatic carbocycles. The Kier molecular flexibility index (Phi) is 3.37. The number of nitrogens with one attached hydrogen (secondary N) is 2. The summed E-state index contributed by atoms with van der Waals surface area (Å²) in [5.74, 6) is 0.704. The van der Waals surface area contributed by atoms with Crippen molar-refractivity contribution in [3.05, 3.63) is 47.5 Å². The zero-order chi connectivity index (χ0) is 13.9. The van der Waals surface area contributed by atoms with Crippen molar-refractivity contribution in [3.8, 4) is 11.5 Å². The maximum atomic E-state index is 9.07. The smallest absolute Gasteiger partial charge is 0.117 e. The summed E-state index contributed by atoms with van der Waals surface area (Å²) in [5, 5.41) is 24.5. The molecule has 0 spiro atoms. The van der Waals surface area contributed by atoms with E-state index < -0.39 is 0 Å². The van der Waals surface area contributed by atoms with Gasteiger partial charge in [0.1, 0.15) is 11.5 Å². The summed E-state index contributed by atoms with van der Waals surface area (Å²) in [5.41, 5.74) is 4.77. The van der Waals surface area contributed by atoms with Gasteiger partial charge in [0.15, 0.2) is 0 Å². The van der Waals surface area contributed by atoms with Crippen LogP contribution in [-0.4, -0.2) is 23.3 Å². The molecular weight excluding hydrogens is 252 g/mol. The Morgan fingerprint density at radius 3 is 2.20 bits per heavy atom. The van der Waals surface area contributed by atoms with Crippen LogP contribution in [0, 0.1) is 0 Å². The fourth-order valence-corrected chi connectivity index (χ4v) is 2.57. The average molecular weight is 270 g/mol. The minimum atomic E-state index is 0.341. The van der Waals surface area contributed by atoms with Crippen molar-refractivity contribution in [3.63, 3.8) is 0 Å². The number of hydrogen-bond acceptors (Lipinski definition) is 4. The van der Waals surface area contributed by atoms with E-state index in [-0.39, 0.29) is 0 Å². The molecule has 0 unspecified atom stereocenters. The van der Waals surface area contributed by atoms with Crippen LogP contribution in [0.3, 0.4) is 0 Å². The Morgan fingerprint density at radius 1 is 0.700 bits per heavy atom. The molecule has 0 radical (unpaired) electrons. The summed E-state index contributed by atoms with van der Waals surface area (Å²) in [6.45, 7) is 2.00. The number of benzene rings is 2. The minimum Gasteiger partial charge on any atom is -0.508 e. The van der Waals surface area contributed by atoms with Crippen LogP contribution < -0.4 is 10.6 Å². The van der Waals surface area contributed by atoms with Crippen LogP contribution in [0.1, 0.15) is 11.1 Å². The fourth-order valence-electron chi connectivity index (χ4n) is 2.57. The number of hydrogen-bond donors (Lipinski definition) is 4. The molecule has 4 heteroatoms. The van der Waals surface area contributed by atoms with Crippen LogP contribution >= 0.6 is 0 Å². The molecule has 4 nitrogen and oxygen atoms in total. The van der Waals surface area contributed by atoms with Crippen LogP contribution in [0.25, 0.3) is 0 Å². The molecule has 0 fully saturated rings. The van der Waals surface area contributed by atoms with Crippen LogP contribution in [0.15, 0.2) is 36.4 Å². The van der Waals surface area contributed by atoms with Gasteiger partial charge in [0, 0.05) is 30.5 Å². The first-order valence-corrected chi connectivity index (χ1v) is 6.84. The topological polar surface area (TPSA) is 64.5 Å². The highest BCUT2D eigenvalue weighted by molar-refractivity contribution is 5.58. The molecule has 2 aromatic rings. The van der Waals surface area contributed by atoms with E-state index in [1.807, 2.05) is 18.2 Å². The Labute approximate surface area is 118 Å². The van der Waals surface area contributed by atoms with E-state index in [1.54, 1.807) is 18.2 Å². The summed E-state index contributed by atoms with van der Waals surface area (Å²) >= 11 is 0. The van der Waals surface area contributed by atoms with Gasteiger partial charge in [-0.25, -0.2) is 0 Å². The first-order valence-electron chi connectivity index (χ1n) is 6.84. The van der Waals surface area contributed by atoms with Gasteiger partial charge >= 0.3 is 0 Å². The molecule has 0 aliphatic carbocycles. The molecule has 2 aliphatic heterocycles. The maximum absolute atomic E-state index is 9.07. The zero-order valence-corrected chi connectivity index (χ0v) is 11.2. The van der Waals surface area contributed by atoms with Gasteiger partial charge < -0.3 is 20.8 Å². The van der Waals surface area contributed by atoms with Gasteiger partial charge in [-0.05, 0) is 48.2 Å². The second kappa shape index (κ2) is 5.33. The molecule has 0 atom stereocenters. The molecule has 4 N–H and O–H groups in total. The monoisotopic (exact) mass is 270 g/mol. The molecule has 0 saturated carbocycles. The van der Waals surface area contributed by atoms with Gasteiger partial charge in [0.25, 0.3) is 0 Å². The maximum Gasteiger partial charge on any atom is 0.117 e. The van der Waals surface area contributed by atoms with Crippen molar-refractivity contribution in [2.75, 3.05) is 23.7 Å². The first-order chi connectivity index (χ1) is 9.72. The number of phenolic OH excluding ortho intramolecular Hbond substituents is 2. The third-order valence-electron chi connectivity index (χ3n) is 3.60. The van der Waals surface area contributed by atoms with Crippen LogP contribution in [0.2, 0.25) is 0 Å². The molecule has 2 aliphatic rings. The number of anilines is 2. The van der Waals surface area contributed by atoms with E-state index in [4.69, 9.17) is 10.2 Å². The van der Waals surface area contributed by atoms with E-state index in [0.29, 0.717) is 11.5 Å². The average Bonchev–Trinajstić information content (AvgIpc) is 3.06. The van der Waals surface area contributed by atoms with Gasteiger partial charge in [0.05, 0.1) is 0 Å². The Bertz CT molecular complexity index is 570. The van der Waals surface area contributed by atoms with Crippen molar-refractivity contribution in [1.29, 1.82) is 0 Å². The van der Waals surface area contributed by atoms with Crippen LogP contribution in [-0.2, 0) is 12.8 Å². The van der Waals surface area contributed by atoms with Gasteiger partial charge in [0.2, 0.25) is 0 Å². The zero-order valence-electron chi connectivity index (χ0n) is 11.2. The number of rotatable bonds is 0. The summed E-state index contributed by atoms with van der Waals surface area (Å²) in [4.78, 5) is 0. The molecule has 0 aromatic heterocycles. The molecule has 2 heterocycles. The van der Waals surface area contributed by atoms with Crippen molar-refractivity contribution < 1.29 is 10.2 Å². The van der Waals surface area contributed by atoms with Crippen LogP contribution in [0.5, 0.6) is 11.5 Å². The lowest BCUT2D eigenvalue weighted by atomic mass is 10.1. The summed E-state index contributed by atoms with van der Waals surface area (Å²) in [6, 6.07) is 10.9. The van der Waals surface area contributed by atoms with E-state index >= 15 is 0 Å². The lowest BCUT2D eigenvalue weighted by Crippen LogP contribution is -1.90. The lowest BCUT2D eigenvalue weighted by molar-refractivity contribution is 0.474. The largest absolute Gasteiger partial charge is 0.508 e. The van der Waals surface area contributed by atoms with Gasteiger partial charge in [-0.15, -0.1) is 0 Å². The highest BCUT2D eigenvalue weighted by Gasteiger charge is 2.09. The van der Waals surface area contributed by atoms with Gasteiger partial charge in [-0.1, -0.05) is 6.07 Å². The standard InChI is InChI=1S/2C8H9NO/c10-7-1-2-8-6(5-7)3-4-9-8;10-7-2-1-6-3-4-9-8(6)5-7/h2*1-2,5,9-10H,3-4H2. The molecule has 0 amide bonds. The normalized spacial score (nSPS) is 14.4. The van der Waals surface area contributed by atoms with Crippen molar-refractivity contribution in [2.24, 2.45) is 0 Å². The minimum absolute atomic E-state index is 0.341. The third kappa shape index (κ3) is 2.64. The molecule has 0 saturated heterocycles. The second-order valence-corrected chi connectivity index (χ2v) is 5.04. The summed E-state index contributed by atoms with van der Waals surface area (Å²) in [7, 11) is 0. The lowest BCUT2D eigenvalue weighted by Gasteiger charge is -1.98. The van der Waals surface area contributed by atoms with Crippen molar-refractivity contribution in [2.45, 2.75) is 12.8 Å². The number of aromatic hydroxyl groups is 2. The number of phenols is 2. The molecule has 20 heavy (non-hydrogen) atoms. The van der Waals surface area contributed by atoms with E-state index in [1.165, 1.54) is 11.1 Å². The highest BCUT2D eigenvalue weighted by atomic mass is 16.3. The predicted octanol–water partition coefficient (Wildman–Crippen LogP) is 2.72. The van der Waals surface area contributed by atoms with Gasteiger partial charge in [-0.2, -0.15) is 0 Å². The summed E-state index contributed by atoms with van der Waals surface area (Å²) < 4.78 is 0. The Morgan fingerprint density at radius 2 is 1.35 bits per heavy atom. The highest BCUT2D eigenvalue weighted by Crippen LogP contribution is 2.26. The molecular formula is C16H18N2O2. The van der Waals surface area contributed by atoms with Crippen molar-refractivity contribution >= 4 is 11.4 Å². The van der Waals surface area contributed by atoms with E-state index in [0.717, 1.165) is 37.3 Å². The third-order valence-corrected chi connectivity index (χ3v) is 3.60. The number of fused-ring (bicyclic) bond motifs is 2. The quantitative estimate of drug-likeness (QED) is 0.556. The molecule has 104 valence electrons.